The molecule has 28 heavy (non-hydrogen) atoms. The molecule has 7 nitrogen and oxygen atoms in total. The Kier molecular flexibility index (Phi) is 5.02. The summed E-state index contributed by atoms with van der Waals surface area (Å²) in [5, 5.41) is 0.710. The third-order valence-corrected chi connectivity index (χ3v) is 6.01. The molecule has 0 aliphatic carbocycles. The highest BCUT2D eigenvalue weighted by Gasteiger charge is 2.44. The summed E-state index contributed by atoms with van der Waals surface area (Å²) in [5.74, 6) is 1.69. The van der Waals surface area contributed by atoms with Crippen LogP contribution < -0.4 is 15.4 Å². The zero-order valence-corrected chi connectivity index (χ0v) is 16.7. The van der Waals surface area contributed by atoms with Gasteiger partial charge in [0.1, 0.15) is 5.82 Å². The highest BCUT2D eigenvalue weighted by molar-refractivity contribution is 6.30. The third-order valence-electron chi connectivity index (χ3n) is 5.76. The van der Waals surface area contributed by atoms with E-state index in [0.29, 0.717) is 23.9 Å². The average Bonchev–Trinajstić information content (AvgIpc) is 2.98. The van der Waals surface area contributed by atoms with E-state index in [-0.39, 0.29) is 17.3 Å². The van der Waals surface area contributed by atoms with Crippen molar-refractivity contribution < 1.29 is 9.53 Å². The number of carbonyl (C=O) groups is 1. The maximum Gasteiger partial charge on any atom is 0.225 e. The number of anilines is 2. The van der Waals surface area contributed by atoms with Crippen molar-refractivity contribution in [3.63, 3.8) is 0 Å². The van der Waals surface area contributed by atoms with E-state index >= 15 is 0 Å². The molecule has 2 saturated heterocycles. The minimum Gasteiger partial charge on any atom is -0.481 e. The predicted molar refractivity (Wildman–Crippen MR) is 108 cm³/mol. The third kappa shape index (κ3) is 3.85. The van der Waals surface area contributed by atoms with Crippen LogP contribution in [0.3, 0.4) is 0 Å². The number of piperidine rings is 1. The van der Waals surface area contributed by atoms with Crippen molar-refractivity contribution in [2.45, 2.75) is 25.8 Å². The highest BCUT2D eigenvalue weighted by atomic mass is 35.5. The topological polar surface area (TPSA) is 84.6 Å². The van der Waals surface area contributed by atoms with Crippen LogP contribution in [0.2, 0.25) is 5.02 Å². The number of nitrogen functional groups attached to an aromatic ring is 1. The minimum absolute atomic E-state index is 0.0443. The molecule has 2 aliphatic rings. The second-order valence-corrected chi connectivity index (χ2v) is 8.10. The van der Waals surface area contributed by atoms with E-state index in [4.69, 9.17) is 22.1 Å². The Hall–Kier alpha value is -2.54. The number of rotatable bonds is 4. The van der Waals surface area contributed by atoms with Crippen LogP contribution in [0.4, 0.5) is 11.8 Å². The Balaban J connectivity index is 1.41. The van der Waals surface area contributed by atoms with Crippen LogP contribution in [0.25, 0.3) is 0 Å². The molecule has 4 rings (SSSR count). The summed E-state index contributed by atoms with van der Waals surface area (Å²) >= 11 is 5.96. The molecule has 0 radical (unpaired) electrons. The lowest BCUT2D eigenvalue weighted by atomic mass is 9.77. The first-order valence-electron chi connectivity index (χ1n) is 9.42. The summed E-state index contributed by atoms with van der Waals surface area (Å²) in [5.41, 5.74) is 6.94. The van der Waals surface area contributed by atoms with E-state index in [1.807, 2.05) is 29.2 Å². The first-order valence-corrected chi connectivity index (χ1v) is 9.80. The quantitative estimate of drug-likeness (QED) is 0.847. The fourth-order valence-electron chi connectivity index (χ4n) is 4.18. The maximum absolute atomic E-state index is 12.6. The first kappa shape index (κ1) is 18.8. The number of likely N-dealkylation sites (tertiary alicyclic amines) is 1. The Morgan fingerprint density at radius 1 is 1.21 bits per heavy atom. The van der Waals surface area contributed by atoms with Crippen molar-refractivity contribution in [3.8, 4) is 5.88 Å². The van der Waals surface area contributed by atoms with Gasteiger partial charge in [0.25, 0.3) is 0 Å². The van der Waals surface area contributed by atoms with Gasteiger partial charge in [-0.15, -0.1) is 0 Å². The van der Waals surface area contributed by atoms with Gasteiger partial charge < -0.3 is 20.3 Å². The van der Waals surface area contributed by atoms with Crippen molar-refractivity contribution in [3.05, 3.63) is 40.9 Å². The Morgan fingerprint density at radius 2 is 1.93 bits per heavy atom. The van der Waals surface area contributed by atoms with Gasteiger partial charge in [0.2, 0.25) is 17.7 Å². The SMILES string of the molecule is COc1cc(N2CCC3(CC2)CC(=O)N(Cc2ccc(Cl)cc2)C3)nc(N)n1. The molecule has 0 atom stereocenters. The van der Waals surface area contributed by atoms with Crippen LogP contribution in [0, 0.1) is 5.41 Å². The number of nitrogens with zero attached hydrogens (tertiary/aromatic N) is 4. The molecule has 2 N–H and O–H groups in total. The average molecular weight is 402 g/mol. The van der Waals surface area contributed by atoms with Gasteiger partial charge in [-0.25, -0.2) is 0 Å². The van der Waals surface area contributed by atoms with Crippen LogP contribution in [0.5, 0.6) is 5.88 Å². The Bertz CT molecular complexity index is 865. The smallest absolute Gasteiger partial charge is 0.225 e. The molecule has 0 bridgehead atoms. The summed E-state index contributed by atoms with van der Waals surface area (Å²) in [6.45, 7) is 3.11. The van der Waals surface area contributed by atoms with E-state index in [1.54, 1.807) is 13.2 Å². The van der Waals surface area contributed by atoms with Crippen molar-refractivity contribution >= 4 is 29.3 Å². The van der Waals surface area contributed by atoms with Gasteiger partial charge in [-0.2, -0.15) is 9.97 Å². The molecule has 1 aromatic carbocycles. The van der Waals surface area contributed by atoms with Gasteiger partial charge in [-0.05, 0) is 30.5 Å². The minimum atomic E-state index is 0.0443. The van der Waals surface area contributed by atoms with E-state index in [0.717, 1.165) is 43.9 Å². The molecule has 1 spiro atoms. The van der Waals surface area contributed by atoms with Gasteiger partial charge in [-0.1, -0.05) is 23.7 Å². The molecular formula is C20H24ClN5O2. The molecule has 8 heteroatoms. The fraction of sp³-hybridized carbons (Fsp3) is 0.450. The summed E-state index contributed by atoms with van der Waals surface area (Å²) in [6.07, 6.45) is 2.51. The normalized spacial score (nSPS) is 18.7. The molecular weight excluding hydrogens is 378 g/mol. The fourth-order valence-corrected chi connectivity index (χ4v) is 4.30. The molecule has 2 aliphatic heterocycles. The van der Waals surface area contributed by atoms with E-state index in [2.05, 4.69) is 14.9 Å². The number of halogens is 1. The lowest BCUT2D eigenvalue weighted by molar-refractivity contribution is -0.128. The maximum atomic E-state index is 12.6. The second-order valence-electron chi connectivity index (χ2n) is 7.67. The first-order chi connectivity index (χ1) is 13.5. The van der Waals surface area contributed by atoms with Crippen LogP contribution in [0.15, 0.2) is 30.3 Å². The van der Waals surface area contributed by atoms with Gasteiger partial charge in [0.05, 0.1) is 7.11 Å². The number of aromatic nitrogens is 2. The number of ether oxygens (including phenoxy) is 1. The molecule has 0 saturated carbocycles. The monoisotopic (exact) mass is 401 g/mol. The predicted octanol–water partition coefficient (Wildman–Crippen LogP) is 2.74. The van der Waals surface area contributed by atoms with Crippen molar-refractivity contribution in [1.82, 2.24) is 14.9 Å². The van der Waals surface area contributed by atoms with Crippen molar-refractivity contribution in [1.29, 1.82) is 0 Å². The number of hydrogen-bond acceptors (Lipinski definition) is 6. The molecule has 3 heterocycles. The molecule has 1 aromatic heterocycles. The van der Waals surface area contributed by atoms with E-state index in [1.165, 1.54) is 0 Å². The summed E-state index contributed by atoms with van der Waals surface area (Å²) in [4.78, 5) is 25.2. The molecule has 2 aromatic rings. The molecule has 1 amide bonds. The summed E-state index contributed by atoms with van der Waals surface area (Å²) < 4.78 is 5.19. The summed E-state index contributed by atoms with van der Waals surface area (Å²) in [7, 11) is 1.57. The van der Waals surface area contributed by atoms with Crippen LogP contribution in [-0.4, -0.2) is 47.5 Å². The number of hydrogen-bond donors (Lipinski definition) is 1. The zero-order chi connectivity index (χ0) is 19.7. The lowest BCUT2D eigenvalue weighted by Crippen LogP contribution is -2.42. The standard InChI is InChI=1S/C20H24ClN5O2/c1-28-17-10-16(23-19(22)24-17)25-8-6-20(7-9-25)11-18(27)26(13-20)12-14-2-4-15(21)5-3-14/h2-5,10H,6-9,11-13H2,1H3,(H2,22,23,24). The zero-order valence-electron chi connectivity index (χ0n) is 15.9. The summed E-state index contributed by atoms with van der Waals surface area (Å²) in [6, 6.07) is 9.51. The largest absolute Gasteiger partial charge is 0.481 e. The van der Waals surface area contributed by atoms with Gasteiger partial charge >= 0.3 is 0 Å². The number of nitrogens with two attached hydrogens (primary N) is 1. The number of methoxy groups -OCH3 is 1. The van der Waals surface area contributed by atoms with Crippen LogP contribution >= 0.6 is 11.6 Å². The van der Waals surface area contributed by atoms with Gasteiger partial charge in [0, 0.05) is 49.1 Å². The Labute approximate surface area is 169 Å². The number of amides is 1. The van der Waals surface area contributed by atoms with E-state index < -0.39 is 0 Å². The van der Waals surface area contributed by atoms with Crippen molar-refractivity contribution in [2.75, 3.05) is 37.4 Å². The lowest BCUT2D eigenvalue weighted by Gasteiger charge is -2.39. The van der Waals surface area contributed by atoms with Gasteiger partial charge in [-0.3, -0.25) is 4.79 Å². The van der Waals surface area contributed by atoms with E-state index in [9.17, 15) is 4.79 Å². The molecule has 2 fully saturated rings. The van der Waals surface area contributed by atoms with Crippen LogP contribution in [0.1, 0.15) is 24.8 Å². The highest BCUT2D eigenvalue weighted by Crippen LogP contribution is 2.42. The molecule has 148 valence electrons. The van der Waals surface area contributed by atoms with Gasteiger partial charge in [0.15, 0.2) is 0 Å². The second kappa shape index (κ2) is 7.47. The number of benzene rings is 1. The number of carbonyl (C=O) groups excluding carboxylic acids is 1. The Morgan fingerprint density at radius 3 is 2.61 bits per heavy atom. The van der Waals surface area contributed by atoms with Crippen molar-refractivity contribution in [2.24, 2.45) is 5.41 Å². The molecule has 0 unspecified atom stereocenters. The van der Waals surface area contributed by atoms with Crippen LogP contribution in [-0.2, 0) is 11.3 Å².